The number of ether oxygens (including phenoxy) is 1. The lowest BCUT2D eigenvalue weighted by atomic mass is 10.1. The Morgan fingerprint density at radius 1 is 1.18 bits per heavy atom. The van der Waals surface area contributed by atoms with Gasteiger partial charge < -0.3 is 15.8 Å². The third kappa shape index (κ3) is 4.06. The van der Waals surface area contributed by atoms with Crippen molar-refractivity contribution < 1.29 is 9.53 Å². The maximum absolute atomic E-state index is 11.8. The molecule has 116 valence electrons. The van der Waals surface area contributed by atoms with Gasteiger partial charge in [-0.2, -0.15) is 0 Å². The number of anilines is 3. The van der Waals surface area contributed by atoms with Gasteiger partial charge in [0.15, 0.2) is 0 Å². The van der Waals surface area contributed by atoms with E-state index >= 15 is 0 Å². The van der Waals surface area contributed by atoms with Crippen molar-refractivity contribution in [2.45, 2.75) is 13.3 Å². The van der Waals surface area contributed by atoms with Crippen LogP contribution in [-0.4, -0.2) is 12.6 Å². The second kappa shape index (κ2) is 7.38. The number of carbonyl (C=O) groups is 1. The molecule has 0 heterocycles. The fraction of sp³-hybridized carbons (Fsp3) is 0.188. The average molecular weight is 339 g/mol. The lowest BCUT2D eigenvalue weighted by Gasteiger charge is -2.12. The van der Waals surface area contributed by atoms with E-state index in [1.165, 1.54) is 0 Å². The first kappa shape index (κ1) is 16.5. The molecule has 0 atom stereocenters. The molecule has 22 heavy (non-hydrogen) atoms. The third-order valence-corrected chi connectivity index (χ3v) is 3.47. The Morgan fingerprint density at radius 2 is 1.91 bits per heavy atom. The zero-order chi connectivity index (χ0) is 16.1. The van der Waals surface area contributed by atoms with Crippen molar-refractivity contribution in [3.63, 3.8) is 0 Å². The maximum atomic E-state index is 11.8. The summed E-state index contributed by atoms with van der Waals surface area (Å²) in [4.78, 5) is 11.8. The first-order valence-electron chi connectivity index (χ1n) is 6.80. The molecule has 0 spiro atoms. The Morgan fingerprint density at radius 3 is 2.55 bits per heavy atom. The molecule has 0 unspecified atom stereocenters. The van der Waals surface area contributed by atoms with Crippen LogP contribution in [0.4, 0.5) is 17.1 Å². The monoisotopic (exact) mass is 338 g/mol. The van der Waals surface area contributed by atoms with Gasteiger partial charge in [0, 0.05) is 5.02 Å². The maximum Gasteiger partial charge on any atom is 0.338 e. The van der Waals surface area contributed by atoms with Crippen LogP contribution >= 0.6 is 23.2 Å². The number of hydrogen-bond acceptors (Lipinski definition) is 4. The summed E-state index contributed by atoms with van der Waals surface area (Å²) in [6.07, 6.45) is 0.774. The van der Waals surface area contributed by atoms with Crippen molar-refractivity contribution in [3.8, 4) is 0 Å². The molecule has 0 aromatic heterocycles. The number of benzene rings is 2. The first-order chi connectivity index (χ1) is 10.5. The van der Waals surface area contributed by atoms with Gasteiger partial charge in [0.05, 0.1) is 34.3 Å². The number of nitrogens with one attached hydrogen (secondary N) is 1. The van der Waals surface area contributed by atoms with Crippen molar-refractivity contribution in [2.75, 3.05) is 17.7 Å². The zero-order valence-electron chi connectivity index (χ0n) is 12.0. The summed E-state index contributed by atoms with van der Waals surface area (Å²) in [7, 11) is 0. The highest BCUT2D eigenvalue weighted by Gasteiger charge is 2.10. The van der Waals surface area contributed by atoms with Gasteiger partial charge in [0.2, 0.25) is 0 Å². The molecular weight excluding hydrogens is 323 g/mol. The van der Waals surface area contributed by atoms with Gasteiger partial charge in [-0.25, -0.2) is 4.79 Å². The van der Waals surface area contributed by atoms with E-state index in [1.807, 2.05) is 6.92 Å². The van der Waals surface area contributed by atoms with Gasteiger partial charge in [0.25, 0.3) is 0 Å². The van der Waals surface area contributed by atoms with Gasteiger partial charge in [-0.05, 0) is 42.8 Å². The highest BCUT2D eigenvalue weighted by Crippen LogP contribution is 2.31. The first-order valence-corrected chi connectivity index (χ1v) is 7.55. The van der Waals surface area contributed by atoms with Gasteiger partial charge in [-0.15, -0.1) is 0 Å². The topological polar surface area (TPSA) is 64.3 Å². The van der Waals surface area contributed by atoms with E-state index in [4.69, 9.17) is 33.7 Å². The van der Waals surface area contributed by atoms with Crippen LogP contribution in [0.25, 0.3) is 0 Å². The van der Waals surface area contributed by atoms with Crippen molar-refractivity contribution in [2.24, 2.45) is 0 Å². The second-order valence-corrected chi connectivity index (χ2v) is 5.53. The molecule has 0 bridgehead atoms. The second-order valence-electron chi connectivity index (χ2n) is 4.69. The lowest BCUT2D eigenvalue weighted by Crippen LogP contribution is -2.07. The van der Waals surface area contributed by atoms with Crippen LogP contribution in [0.3, 0.4) is 0 Å². The summed E-state index contributed by atoms with van der Waals surface area (Å²) in [6, 6.07) is 10.1. The van der Waals surface area contributed by atoms with Crippen molar-refractivity contribution in [1.82, 2.24) is 0 Å². The Balaban J connectivity index is 2.17. The van der Waals surface area contributed by atoms with Crippen LogP contribution in [-0.2, 0) is 4.74 Å². The van der Waals surface area contributed by atoms with Crippen LogP contribution < -0.4 is 11.1 Å². The fourth-order valence-electron chi connectivity index (χ4n) is 1.82. The molecule has 0 saturated carbocycles. The predicted molar refractivity (Wildman–Crippen MR) is 91.2 cm³/mol. The molecule has 2 rings (SSSR count). The molecule has 0 aliphatic heterocycles. The van der Waals surface area contributed by atoms with Crippen LogP contribution in [0.15, 0.2) is 36.4 Å². The minimum Gasteiger partial charge on any atom is -0.462 e. The number of hydrogen-bond donors (Lipinski definition) is 2. The van der Waals surface area contributed by atoms with E-state index in [0.29, 0.717) is 39.3 Å². The molecule has 2 aromatic carbocycles. The zero-order valence-corrected chi connectivity index (χ0v) is 13.5. The van der Waals surface area contributed by atoms with E-state index in [2.05, 4.69) is 5.32 Å². The molecule has 6 heteroatoms. The summed E-state index contributed by atoms with van der Waals surface area (Å²) in [5.74, 6) is -0.385. The molecule has 3 N–H and O–H groups in total. The number of carbonyl (C=O) groups excluding carboxylic acids is 1. The Hall–Kier alpha value is -1.91. The van der Waals surface area contributed by atoms with Crippen LogP contribution in [0.1, 0.15) is 23.7 Å². The number of esters is 1. The van der Waals surface area contributed by atoms with E-state index in [9.17, 15) is 4.79 Å². The predicted octanol–water partition coefficient (Wildman–Crippen LogP) is 4.89. The quantitative estimate of drug-likeness (QED) is 0.601. The summed E-state index contributed by atoms with van der Waals surface area (Å²) in [5, 5.41) is 4.15. The van der Waals surface area contributed by atoms with Crippen molar-refractivity contribution in [1.29, 1.82) is 0 Å². The average Bonchev–Trinajstić information content (AvgIpc) is 2.49. The summed E-state index contributed by atoms with van der Waals surface area (Å²) in [6.45, 7) is 2.32. The molecule has 4 nitrogen and oxygen atoms in total. The smallest absolute Gasteiger partial charge is 0.338 e. The summed E-state index contributed by atoms with van der Waals surface area (Å²) in [5.41, 5.74) is 8.15. The van der Waals surface area contributed by atoms with Crippen LogP contribution in [0, 0.1) is 0 Å². The largest absolute Gasteiger partial charge is 0.462 e. The molecule has 0 fully saturated rings. The fourth-order valence-corrected chi connectivity index (χ4v) is 2.27. The standard InChI is InChI=1S/C16H16Cl2N2O2/c1-2-7-22-16(21)10-3-5-15(13(19)8-10)20-14-6-4-11(17)9-12(14)18/h3-6,8-9,20H,2,7,19H2,1H3. The van der Waals surface area contributed by atoms with E-state index in [1.54, 1.807) is 36.4 Å². The van der Waals surface area contributed by atoms with E-state index < -0.39 is 0 Å². The molecule has 0 aliphatic rings. The van der Waals surface area contributed by atoms with Gasteiger partial charge in [0.1, 0.15) is 0 Å². The Labute approximate surface area is 139 Å². The summed E-state index contributed by atoms with van der Waals surface area (Å²) < 4.78 is 5.07. The minimum absolute atomic E-state index is 0.385. The highest BCUT2D eigenvalue weighted by molar-refractivity contribution is 6.36. The molecule has 0 amide bonds. The van der Waals surface area contributed by atoms with Gasteiger partial charge in [-0.3, -0.25) is 0 Å². The Kier molecular flexibility index (Phi) is 5.52. The third-order valence-electron chi connectivity index (χ3n) is 2.93. The summed E-state index contributed by atoms with van der Waals surface area (Å²) >= 11 is 12.0. The lowest BCUT2D eigenvalue weighted by molar-refractivity contribution is 0.0505. The SMILES string of the molecule is CCCOC(=O)c1ccc(Nc2ccc(Cl)cc2Cl)c(N)c1. The number of rotatable bonds is 5. The van der Waals surface area contributed by atoms with Crippen LogP contribution in [0.2, 0.25) is 10.0 Å². The molecule has 2 aromatic rings. The molecular formula is C16H16Cl2N2O2. The highest BCUT2D eigenvalue weighted by atomic mass is 35.5. The molecule has 0 aliphatic carbocycles. The minimum atomic E-state index is -0.385. The molecule has 0 saturated heterocycles. The van der Waals surface area contributed by atoms with Gasteiger partial charge in [-0.1, -0.05) is 30.1 Å². The van der Waals surface area contributed by atoms with Crippen molar-refractivity contribution >= 4 is 46.2 Å². The van der Waals surface area contributed by atoms with Crippen LogP contribution in [0.5, 0.6) is 0 Å². The van der Waals surface area contributed by atoms with Gasteiger partial charge >= 0.3 is 5.97 Å². The number of halogens is 2. The van der Waals surface area contributed by atoms with E-state index in [0.717, 1.165) is 6.42 Å². The normalized spacial score (nSPS) is 10.3. The molecule has 0 radical (unpaired) electrons. The Bertz CT molecular complexity index is 690. The van der Waals surface area contributed by atoms with E-state index in [-0.39, 0.29) is 5.97 Å². The number of nitrogens with two attached hydrogens (primary N) is 1. The van der Waals surface area contributed by atoms with Crippen molar-refractivity contribution in [3.05, 3.63) is 52.0 Å². The number of nitrogen functional groups attached to an aromatic ring is 1.